The lowest BCUT2D eigenvalue weighted by atomic mass is 10.2. The van der Waals surface area contributed by atoms with E-state index in [1.54, 1.807) is 35.4 Å². The van der Waals surface area contributed by atoms with Crippen LogP contribution in [0.25, 0.3) is 11.0 Å². The van der Waals surface area contributed by atoms with Crippen LogP contribution in [-0.2, 0) is 14.1 Å². The van der Waals surface area contributed by atoms with Crippen LogP contribution in [-0.4, -0.2) is 9.13 Å². The summed E-state index contributed by atoms with van der Waals surface area (Å²) in [6, 6.07) is 3.43. The first kappa shape index (κ1) is 8.68. The van der Waals surface area contributed by atoms with Crippen LogP contribution < -0.4 is 17.2 Å². The molecule has 4 N–H and O–H groups in total. The first-order chi connectivity index (χ1) is 6.52. The van der Waals surface area contributed by atoms with E-state index in [0.29, 0.717) is 11.4 Å². The van der Waals surface area contributed by atoms with Gasteiger partial charge < -0.3 is 11.5 Å². The van der Waals surface area contributed by atoms with Gasteiger partial charge in [0.15, 0.2) is 0 Å². The number of aryl methyl sites for hydroxylation is 2. The summed E-state index contributed by atoms with van der Waals surface area (Å²) in [7, 11) is 3.42. The Hall–Kier alpha value is -1.91. The number of rotatable bonds is 0. The summed E-state index contributed by atoms with van der Waals surface area (Å²) in [5.41, 5.74) is 13.8. The van der Waals surface area contributed by atoms with Crippen molar-refractivity contribution >= 4 is 22.4 Å². The maximum Gasteiger partial charge on any atom is 0.328 e. The third-order valence-corrected chi connectivity index (χ3v) is 2.48. The van der Waals surface area contributed by atoms with Gasteiger partial charge in [-0.05, 0) is 12.1 Å². The molecule has 0 aliphatic rings. The lowest BCUT2D eigenvalue weighted by Crippen LogP contribution is -2.19. The molecule has 0 aliphatic heterocycles. The van der Waals surface area contributed by atoms with Gasteiger partial charge in [0.25, 0.3) is 0 Å². The summed E-state index contributed by atoms with van der Waals surface area (Å²) < 4.78 is 3.09. The van der Waals surface area contributed by atoms with Crippen molar-refractivity contribution in [1.29, 1.82) is 0 Å². The molecule has 2 rings (SSSR count). The van der Waals surface area contributed by atoms with Crippen molar-refractivity contribution in [2.45, 2.75) is 0 Å². The maximum absolute atomic E-state index is 11.6. The summed E-state index contributed by atoms with van der Waals surface area (Å²) in [4.78, 5) is 11.6. The second-order valence-electron chi connectivity index (χ2n) is 3.37. The molecule has 0 saturated carbocycles. The van der Waals surface area contributed by atoms with Crippen LogP contribution in [0.15, 0.2) is 16.9 Å². The summed E-state index contributed by atoms with van der Waals surface area (Å²) in [6.45, 7) is 0. The first-order valence-corrected chi connectivity index (χ1v) is 4.23. The second kappa shape index (κ2) is 2.54. The van der Waals surface area contributed by atoms with E-state index in [-0.39, 0.29) is 5.69 Å². The van der Waals surface area contributed by atoms with Crippen molar-refractivity contribution in [2.24, 2.45) is 14.1 Å². The fourth-order valence-electron chi connectivity index (χ4n) is 1.58. The quantitative estimate of drug-likeness (QED) is 0.578. The zero-order valence-electron chi connectivity index (χ0n) is 8.11. The summed E-state index contributed by atoms with van der Waals surface area (Å²) >= 11 is 0. The van der Waals surface area contributed by atoms with Gasteiger partial charge in [0.1, 0.15) is 0 Å². The Balaban J connectivity index is 3.04. The number of hydrogen-bond donors (Lipinski definition) is 2. The number of hydrogen-bond acceptors (Lipinski definition) is 3. The number of anilines is 2. The second-order valence-corrected chi connectivity index (χ2v) is 3.37. The Morgan fingerprint density at radius 1 is 1.00 bits per heavy atom. The van der Waals surface area contributed by atoms with E-state index in [1.807, 2.05) is 0 Å². The molecule has 74 valence electrons. The Bertz CT molecular complexity index is 516. The third kappa shape index (κ3) is 0.921. The number of nitrogen functional groups attached to an aromatic ring is 2. The lowest BCUT2D eigenvalue weighted by molar-refractivity contribution is 0.795. The van der Waals surface area contributed by atoms with E-state index < -0.39 is 0 Å². The van der Waals surface area contributed by atoms with E-state index in [0.717, 1.165) is 11.0 Å². The number of aromatic nitrogens is 2. The molecule has 14 heavy (non-hydrogen) atoms. The molecule has 2 aromatic rings. The molecule has 0 bridgehead atoms. The normalized spacial score (nSPS) is 11.0. The molecular formula is C9H12N4O. The Labute approximate surface area is 80.5 Å². The molecule has 0 saturated heterocycles. The highest BCUT2D eigenvalue weighted by Gasteiger charge is 2.08. The monoisotopic (exact) mass is 192 g/mol. The number of nitrogens with two attached hydrogens (primary N) is 2. The van der Waals surface area contributed by atoms with E-state index in [1.165, 1.54) is 0 Å². The average Bonchev–Trinajstić information content (AvgIpc) is 2.34. The minimum atomic E-state index is -0.0787. The molecular weight excluding hydrogens is 180 g/mol. The first-order valence-electron chi connectivity index (χ1n) is 4.23. The van der Waals surface area contributed by atoms with Crippen LogP contribution >= 0.6 is 0 Å². The lowest BCUT2D eigenvalue weighted by Gasteiger charge is -2.01. The third-order valence-electron chi connectivity index (χ3n) is 2.48. The van der Waals surface area contributed by atoms with Crippen LogP contribution in [0.4, 0.5) is 11.4 Å². The Kier molecular flexibility index (Phi) is 1.57. The van der Waals surface area contributed by atoms with E-state index in [2.05, 4.69) is 0 Å². The molecule has 5 heteroatoms. The molecule has 0 spiro atoms. The summed E-state index contributed by atoms with van der Waals surface area (Å²) in [5, 5.41) is 0. The molecule has 0 amide bonds. The number of benzene rings is 1. The van der Waals surface area contributed by atoms with Crippen LogP contribution in [0.3, 0.4) is 0 Å². The van der Waals surface area contributed by atoms with Gasteiger partial charge in [-0.3, -0.25) is 9.13 Å². The number of imidazole rings is 1. The number of nitrogens with zero attached hydrogens (tertiary/aromatic N) is 2. The highest BCUT2D eigenvalue weighted by Crippen LogP contribution is 2.21. The molecule has 5 nitrogen and oxygen atoms in total. The van der Waals surface area contributed by atoms with Crippen LogP contribution in [0.5, 0.6) is 0 Å². The molecule has 0 radical (unpaired) electrons. The molecule has 1 heterocycles. The fraction of sp³-hybridized carbons (Fsp3) is 0.222. The fourth-order valence-corrected chi connectivity index (χ4v) is 1.58. The van der Waals surface area contributed by atoms with Gasteiger partial charge in [-0.25, -0.2) is 4.79 Å². The van der Waals surface area contributed by atoms with Crippen molar-refractivity contribution in [1.82, 2.24) is 9.13 Å². The van der Waals surface area contributed by atoms with Gasteiger partial charge in [-0.2, -0.15) is 0 Å². The van der Waals surface area contributed by atoms with E-state index in [9.17, 15) is 4.79 Å². The van der Waals surface area contributed by atoms with Gasteiger partial charge in [-0.1, -0.05) is 0 Å². The summed E-state index contributed by atoms with van der Waals surface area (Å²) in [5.74, 6) is 0. The van der Waals surface area contributed by atoms with Crippen molar-refractivity contribution in [3.05, 3.63) is 22.6 Å². The molecule has 1 aromatic carbocycles. The topological polar surface area (TPSA) is 79.0 Å². The predicted molar refractivity (Wildman–Crippen MR) is 57.0 cm³/mol. The molecule has 1 aromatic heterocycles. The van der Waals surface area contributed by atoms with Crippen molar-refractivity contribution < 1.29 is 0 Å². The van der Waals surface area contributed by atoms with Crippen LogP contribution in [0, 0.1) is 0 Å². The van der Waals surface area contributed by atoms with E-state index in [4.69, 9.17) is 11.5 Å². The standard InChI is InChI=1S/C9H12N4O/c1-12-7-3-5(10)6(11)4-8(7)13(2)9(12)14/h3-4H,10-11H2,1-2H3. The molecule has 0 aliphatic carbocycles. The largest absolute Gasteiger partial charge is 0.397 e. The number of fused-ring (bicyclic) bond motifs is 1. The Morgan fingerprint density at radius 3 is 1.71 bits per heavy atom. The van der Waals surface area contributed by atoms with Crippen molar-refractivity contribution in [3.8, 4) is 0 Å². The van der Waals surface area contributed by atoms with E-state index >= 15 is 0 Å². The zero-order valence-corrected chi connectivity index (χ0v) is 8.11. The van der Waals surface area contributed by atoms with Crippen LogP contribution in [0.2, 0.25) is 0 Å². The smallest absolute Gasteiger partial charge is 0.328 e. The highest BCUT2D eigenvalue weighted by molar-refractivity contribution is 5.86. The SMILES string of the molecule is Cn1c(=O)n(C)c2cc(N)c(N)cc21. The predicted octanol–water partition coefficient (Wildman–Crippen LogP) is 0.0414. The van der Waals surface area contributed by atoms with Gasteiger partial charge in [-0.15, -0.1) is 0 Å². The highest BCUT2D eigenvalue weighted by atomic mass is 16.1. The van der Waals surface area contributed by atoms with Gasteiger partial charge >= 0.3 is 5.69 Å². The average molecular weight is 192 g/mol. The van der Waals surface area contributed by atoms with Crippen LogP contribution in [0.1, 0.15) is 0 Å². The molecule has 0 unspecified atom stereocenters. The maximum atomic E-state index is 11.6. The van der Waals surface area contributed by atoms with Gasteiger partial charge in [0.2, 0.25) is 0 Å². The molecule has 0 atom stereocenters. The minimum absolute atomic E-state index is 0.0787. The zero-order chi connectivity index (χ0) is 10.5. The molecule has 0 fully saturated rings. The van der Waals surface area contributed by atoms with Gasteiger partial charge in [0.05, 0.1) is 22.4 Å². The Morgan fingerprint density at radius 2 is 1.36 bits per heavy atom. The summed E-state index contributed by atoms with van der Waals surface area (Å²) in [6.07, 6.45) is 0. The minimum Gasteiger partial charge on any atom is -0.397 e. The van der Waals surface area contributed by atoms with Crippen molar-refractivity contribution in [2.75, 3.05) is 11.5 Å². The van der Waals surface area contributed by atoms with Crippen molar-refractivity contribution in [3.63, 3.8) is 0 Å². The van der Waals surface area contributed by atoms with Gasteiger partial charge in [0, 0.05) is 14.1 Å².